The summed E-state index contributed by atoms with van der Waals surface area (Å²) in [5, 5.41) is 6.56. The van der Waals surface area contributed by atoms with Gasteiger partial charge in [0.1, 0.15) is 11.5 Å². The lowest BCUT2D eigenvalue weighted by atomic mass is 10.4. The Morgan fingerprint density at radius 1 is 1.90 bits per heavy atom. The van der Waals surface area contributed by atoms with E-state index in [2.05, 4.69) is 16.8 Å². The zero-order valence-electron chi connectivity index (χ0n) is 5.92. The second-order valence-electron chi connectivity index (χ2n) is 1.82. The van der Waals surface area contributed by atoms with Crippen LogP contribution in [0.5, 0.6) is 0 Å². The van der Waals surface area contributed by atoms with Gasteiger partial charge in [-0.3, -0.25) is 5.10 Å². The van der Waals surface area contributed by atoms with E-state index in [1.807, 2.05) is 13.0 Å². The van der Waals surface area contributed by atoms with Crippen LogP contribution in [0, 0.1) is 0 Å². The highest BCUT2D eigenvalue weighted by molar-refractivity contribution is 5.52. The van der Waals surface area contributed by atoms with E-state index < -0.39 is 0 Å². The molecule has 0 aliphatic rings. The van der Waals surface area contributed by atoms with Crippen molar-refractivity contribution in [3.05, 3.63) is 24.5 Å². The van der Waals surface area contributed by atoms with E-state index in [9.17, 15) is 0 Å². The van der Waals surface area contributed by atoms with Crippen LogP contribution in [0.1, 0.15) is 12.6 Å². The second kappa shape index (κ2) is 3.06. The van der Waals surface area contributed by atoms with Gasteiger partial charge in [0, 0.05) is 6.20 Å². The van der Waals surface area contributed by atoms with Crippen molar-refractivity contribution in [1.82, 2.24) is 10.2 Å². The molecule has 0 saturated heterocycles. The fourth-order valence-corrected chi connectivity index (χ4v) is 0.664. The molecule has 1 aromatic heterocycles. The molecule has 0 saturated carbocycles. The number of aromatic amines is 1. The highest BCUT2D eigenvalue weighted by Gasteiger charge is 1.98. The summed E-state index contributed by atoms with van der Waals surface area (Å²) in [7, 11) is 0. The van der Waals surface area contributed by atoms with E-state index in [4.69, 9.17) is 4.74 Å². The maximum atomic E-state index is 5.11. The summed E-state index contributed by atoms with van der Waals surface area (Å²) in [6.45, 7) is 6.23. The van der Waals surface area contributed by atoms with Crippen molar-refractivity contribution < 1.29 is 4.74 Å². The van der Waals surface area contributed by atoms with Crippen LogP contribution < -0.4 is 0 Å². The average Bonchev–Trinajstić information content (AvgIpc) is 2.38. The molecule has 0 fully saturated rings. The molecule has 3 heteroatoms. The molecule has 10 heavy (non-hydrogen) atoms. The highest BCUT2D eigenvalue weighted by atomic mass is 16.5. The standard InChI is InChI=1S/C7H10N2O/c1-3-10-6(2)7-4-5-8-9-7/h4-5H,2-3H2,1H3,(H,8,9). The van der Waals surface area contributed by atoms with E-state index in [1.54, 1.807) is 6.20 Å². The molecule has 0 spiro atoms. The minimum atomic E-state index is 0.615. The Morgan fingerprint density at radius 3 is 3.20 bits per heavy atom. The summed E-state index contributed by atoms with van der Waals surface area (Å²) in [4.78, 5) is 0. The van der Waals surface area contributed by atoms with Crippen molar-refractivity contribution in [1.29, 1.82) is 0 Å². The SMILES string of the molecule is C=C(OCC)c1cc[nH]n1. The third-order valence-electron chi connectivity index (χ3n) is 1.10. The predicted octanol–water partition coefficient (Wildman–Crippen LogP) is 1.42. The number of ether oxygens (including phenoxy) is 1. The lowest BCUT2D eigenvalue weighted by Crippen LogP contribution is -1.89. The third kappa shape index (κ3) is 1.37. The average molecular weight is 138 g/mol. The quantitative estimate of drug-likeness (QED) is 0.641. The van der Waals surface area contributed by atoms with Gasteiger partial charge in [0.05, 0.1) is 6.61 Å². The molecule has 1 aromatic rings. The molecular formula is C7H10N2O. The van der Waals surface area contributed by atoms with Crippen LogP contribution in [0.2, 0.25) is 0 Å². The number of nitrogens with one attached hydrogen (secondary N) is 1. The molecule has 0 aromatic carbocycles. The lowest BCUT2D eigenvalue weighted by Gasteiger charge is -2.00. The molecular weight excluding hydrogens is 128 g/mol. The zero-order chi connectivity index (χ0) is 7.40. The van der Waals surface area contributed by atoms with Crippen molar-refractivity contribution in [2.45, 2.75) is 6.92 Å². The first-order valence-electron chi connectivity index (χ1n) is 3.16. The number of nitrogens with zero attached hydrogens (tertiary/aromatic N) is 1. The minimum Gasteiger partial charge on any atom is -0.492 e. The lowest BCUT2D eigenvalue weighted by molar-refractivity contribution is 0.297. The molecule has 0 bridgehead atoms. The topological polar surface area (TPSA) is 37.9 Å². The summed E-state index contributed by atoms with van der Waals surface area (Å²) in [6, 6.07) is 1.82. The Labute approximate surface area is 59.7 Å². The van der Waals surface area contributed by atoms with Gasteiger partial charge >= 0.3 is 0 Å². The van der Waals surface area contributed by atoms with Gasteiger partial charge in [-0.05, 0) is 13.0 Å². The van der Waals surface area contributed by atoms with Crippen LogP contribution in [-0.2, 0) is 4.74 Å². The largest absolute Gasteiger partial charge is 0.492 e. The van der Waals surface area contributed by atoms with E-state index in [0.29, 0.717) is 12.4 Å². The van der Waals surface area contributed by atoms with Crippen molar-refractivity contribution in [2.75, 3.05) is 6.61 Å². The second-order valence-corrected chi connectivity index (χ2v) is 1.82. The van der Waals surface area contributed by atoms with Gasteiger partial charge in [0.25, 0.3) is 0 Å². The molecule has 0 atom stereocenters. The monoisotopic (exact) mass is 138 g/mol. The third-order valence-corrected chi connectivity index (χ3v) is 1.10. The minimum absolute atomic E-state index is 0.615. The smallest absolute Gasteiger partial charge is 0.139 e. The summed E-state index contributed by atoms with van der Waals surface area (Å²) in [5.41, 5.74) is 0.766. The summed E-state index contributed by atoms with van der Waals surface area (Å²) in [6.07, 6.45) is 1.74. The van der Waals surface area contributed by atoms with Gasteiger partial charge in [-0.1, -0.05) is 6.58 Å². The molecule has 1 rings (SSSR count). The molecule has 0 radical (unpaired) electrons. The van der Waals surface area contributed by atoms with Gasteiger partial charge in [-0.25, -0.2) is 0 Å². The van der Waals surface area contributed by atoms with E-state index in [0.717, 1.165) is 5.69 Å². The molecule has 0 aliphatic carbocycles. The van der Waals surface area contributed by atoms with E-state index in [-0.39, 0.29) is 0 Å². The highest BCUT2D eigenvalue weighted by Crippen LogP contribution is 2.07. The maximum absolute atomic E-state index is 5.11. The van der Waals surface area contributed by atoms with Crippen LogP contribution in [0.25, 0.3) is 5.76 Å². The van der Waals surface area contributed by atoms with Gasteiger partial charge in [0.2, 0.25) is 0 Å². The first-order valence-corrected chi connectivity index (χ1v) is 3.16. The Bertz CT molecular complexity index is 203. The number of aromatic nitrogens is 2. The van der Waals surface area contributed by atoms with Gasteiger partial charge in [-0.2, -0.15) is 5.10 Å². The van der Waals surface area contributed by atoms with Crippen LogP contribution >= 0.6 is 0 Å². The van der Waals surface area contributed by atoms with E-state index in [1.165, 1.54) is 0 Å². The first-order chi connectivity index (χ1) is 4.84. The predicted molar refractivity (Wildman–Crippen MR) is 39.2 cm³/mol. The van der Waals surface area contributed by atoms with Crippen LogP contribution in [0.4, 0.5) is 0 Å². The summed E-state index contributed by atoms with van der Waals surface area (Å²) >= 11 is 0. The molecule has 3 nitrogen and oxygen atoms in total. The molecule has 1 N–H and O–H groups in total. The van der Waals surface area contributed by atoms with Crippen LogP contribution in [0.15, 0.2) is 18.8 Å². The van der Waals surface area contributed by atoms with Crippen molar-refractivity contribution in [3.63, 3.8) is 0 Å². The van der Waals surface area contributed by atoms with Crippen molar-refractivity contribution in [3.8, 4) is 0 Å². The summed E-state index contributed by atoms with van der Waals surface area (Å²) < 4.78 is 5.11. The number of H-pyrrole nitrogens is 1. The van der Waals surface area contributed by atoms with Gasteiger partial charge < -0.3 is 4.74 Å². The Morgan fingerprint density at radius 2 is 2.70 bits per heavy atom. The van der Waals surface area contributed by atoms with Crippen molar-refractivity contribution >= 4 is 5.76 Å². The first kappa shape index (κ1) is 6.86. The Balaban J connectivity index is 2.59. The van der Waals surface area contributed by atoms with Gasteiger partial charge in [-0.15, -0.1) is 0 Å². The molecule has 0 unspecified atom stereocenters. The fourth-order valence-electron chi connectivity index (χ4n) is 0.664. The van der Waals surface area contributed by atoms with E-state index >= 15 is 0 Å². The van der Waals surface area contributed by atoms with Crippen molar-refractivity contribution in [2.24, 2.45) is 0 Å². The summed E-state index contributed by atoms with van der Waals surface area (Å²) in [5.74, 6) is 0.615. The number of rotatable bonds is 3. The maximum Gasteiger partial charge on any atom is 0.139 e. The zero-order valence-corrected chi connectivity index (χ0v) is 5.92. The van der Waals surface area contributed by atoms with Crippen LogP contribution in [-0.4, -0.2) is 16.8 Å². The Kier molecular flexibility index (Phi) is 2.10. The fraction of sp³-hybridized carbons (Fsp3) is 0.286. The van der Waals surface area contributed by atoms with Gasteiger partial charge in [0.15, 0.2) is 0 Å². The molecule has 1 heterocycles. The molecule has 0 aliphatic heterocycles. The molecule has 54 valence electrons. The normalized spacial score (nSPS) is 9.30. The number of hydrogen-bond donors (Lipinski definition) is 1. The van der Waals surface area contributed by atoms with Crippen LogP contribution in [0.3, 0.4) is 0 Å². The number of hydrogen-bond acceptors (Lipinski definition) is 2. The Hall–Kier alpha value is -1.25. The molecule has 0 amide bonds.